The molecule has 256 valence electrons. The van der Waals surface area contributed by atoms with Crippen LogP contribution in [0.25, 0.3) is 0 Å². The van der Waals surface area contributed by atoms with Gasteiger partial charge in [0, 0.05) is 13.1 Å². The molecule has 1 unspecified atom stereocenters. The summed E-state index contributed by atoms with van der Waals surface area (Å²) in [4.78, 5) is 68.2. The third kappa shape index (κ3) is 12.1. The van der Waals surface area contributed by atoms with Crippen LogP contribution < -0.4 is 21.3 Å². The number of hydrogen-bond donors (Lipinski definition) is 4. The van der Waals surface area contributed by atoms with Gasteiger partial charge in [-0.25, -0.2) is 0 Å². The second-order valence-electron chi connectivity index (χ2n) is 13.5. The Morgan fingerprint density at radius 2 is 1.35 bits per heavy atom. The Morgan fingerprint density at radius 3 is 1.93 bits per heavy atom. The first-order valence-corrected chi connectivity index (χ1v) is 16.5. The van der Waals surface area contributed by atoms with Crippen LogP contribution in [-0.2, 0) is 39.9 Å². The molecule has 3 rings (SSSR count). The van der Waals surface area contributed by atoms with E-state index in [1.807, 2.05) is 62.9 Å². The van der Waals surface area contributed by atoms with E-state index in [-0.39, 0.29) is 30.1 Å². The molecule has 0 radical (unpaired) electrons. The lowest BCUT2D eigenvalue weighted by Gasteiger charge is -2.28. The van der Waals surface area contributed by atoms with Crippen molar-refractivity contribution in [1.29, 1.82) is 0 Å². The fourth-order valence-electron chi connectivity index (χ4n) is 5.40. The normalized spacial score (nSPS) is 20.7. The van der Waals surface area contributed by atoms with Gasteiger partial charge in [-0.05, 0) is 56.9 Å². The third-order valence-corrected chi connectivity index (χ3v) is 8.22. The van der Waals surface area contributed by atoms with Gasteiger partial charge in [-0.2, -0.15) is 0 Å². The zero-order valence-corrected chi connectivity index (χ0v) is 28.2. The molecule has 0 spiro atoms. The highest BCUT2D eigenvalue weighted by Gasteiger charge is 2.50. The summed E-state index contributed by atoms with van der Waals surface area (Å²) < 4.78 is 10.7. The maximum atomic E-state index is 13.7. The van der Waals surface area contributed by atoms with Crippen molar-refractivity contribution in [1.82, 2.24) is 26.2 Å². The van der Waals surface area contributed by atoms with Crippen LogP contribution in [0.2, 0.25) is 0 Å². The quantitative estimate of drug-likeness (QED) is 0.175. The van der Waals surface area contributed by atoms with E-state index < -0.39 is 47.5 Å². The molecule has 1 aromatic rings. The summed E-state index contributed by atoms with van der Waals surface area (Å²) in [6.45, 7) is 13.9. The molecule has 2 aliphatic rings. The Morgan fingerprint density at radius 1 is 0.783 bits per heavy atom. The van der Waals surface area contributed by atoms with Crippen molar-refractivity contribution in [3.63, 3.8) is 0 Å². The minimum absolute atomic E-state index is 0.0474. The molecule has 5 atom stereocenters. The summed E-state index contributed by atoms with van der Waals surface area (Å²) in [5.74, 6) is -1.75. The van der Waals surface area contributed by atoms with Crippen molar-refractivity contribution in [3.8, 4) is 0 Å². The Kier molecular flexibility index (Phi) is 14.1. The number of rotatable bonds is 18. The molecule has 0 bridgehead atoms. The van der Waals surface area contributed by atoms with Crippen molar-refractivity contribution in [2.45, 2.75) is 97.0 Å². The van der Waals surface area contributed by atoms with E-state index >= 15 is 0 Å². The number of epoxide rings is 1. The van der Waals surface area contributed by atoms with Gasteiger partial charge in [-0.1, -0.05) is 58.0 Å². The first-order chi connectivity index (χ1) is 21.8. The number of ketones is 1. The Balaban J connectivity index is 1.66. The fourth-order valence-corrected chi connectivity index (χ4v) is 5.40. The zero-order chi connectivity index (χ0) is 33.9. The number of carbonyl (C=O) groups excluding carboxylic acids is 5. The molecule has 0 aromatic heterocycles. The Labute approximate surface area is 273 Å². The number of ether oxygens (including phenoxy) is 2. The molecule has 1 aromatic carbocycles. The first kappa shape index (κ1) is 37.1. The SMILES string of the molecule is CC(C)CC(NC(=O)[C@H](CCc1ccccc1)NC(=O)CN1CCOCC1)C(=O)N[C@@H](C)C(=O)N[C@@H](CC(C)C)C(=O)[C@@]1(C)CO1. The predicted molar refractivity (Wildman–Crippen MR) is 174 cm³/mol. The van der Waals surface area contributed by atoms with Gasteiger partial charge in [0.25, 0.3) is 0 Å². The lowest BCUT2D eigenvalue weighted by Crippen LogP contribution is -2.58. The van der Waals surface area contributed by atoms with Gasteiger partial charge >= 0.3 is 0 Å². The number of aryl methyl sites for hydroxylation is 1. The first-order valence-electron chi connectivity index (χ1n) is 16.5. The van der Waals surface area contributed by atoms with Gasteiger partial charge in [0.15, 0.2) is 5.78 Å². The average Bonchev–Trinajstić information content (AvgIpc) is 3.76. The molecule has 2 saturated heterocycles. The van der Waals surface area contributed by atoms with Gasteiger partial charge in [0.2, 0.25) is 23.6 Å². The van der Waals surface area contributed by atoms with Crippen LogP contribution in [0.1, 0.15) is 66.4 Å². The summed E-state index contributed by atoms with van der Waals surface area (Å²) in [7, 11) is 0. The van der Waals surface area contributed by atoms with Gasteiger partial charge in [0.05, 0.1) is 32.4 Å². The van der Waals surface area contributed by atoms with Crippen LogP contribution >= 0.6 is 0 Å². The zero-order valence-electron chi connectivity index (χ0n) is 28.2. The van der Waals surface area contributed by atoms with E-state index in [1.165, 1.54) is 0 Å². The third-order valence-electron chi connectivity index (χ3n) is 8.22. The molecule has 2 fully saturated rings. The molecule has 12 nitrogen and oxygen atoms in total. The number of carbonyl (C=O) groups is 5. The van der Waals surface area contributed by atoms with Crippen LogP contribution in [0.15, 0.2) is 30.3 Å². The standard InChI is InChI=1S/C34H53N5O7/c1-22(2)18-27(30(41)34(6)21-46-34)37-31(42)24(5)35-33(44)28(19-23(3)4)38-32(43)26(13-12-25-10-8-7-9-11-25)36-29(40)20-39-14-16-45-17-15-39/h7-11,22-24,26-28H,12-21H2,1-6H3,(H,35,44)(H,36,40)(H,37,42)(H,38,43)/t24-,26-,27-,28?,34+/m0/s1. The van der Waals surface area contributed by atoms with E-state index in [0.717, 1.165) is 5.56 Å². The molecule has 4 N–H and O–H groups in total. The van der Waals surface area contributed by atoms with Gasteiger partial charge in [-0.15, -0.1) is 0 Å². The second-order valence-corrected chi connectivity index (χ2v) is 13.5. The maximum absolute atomic E-state index is 13.7. The number of hydrogen-bond acceptors (Lipinski definition) is 8. The van der Waals surface area contributed by atoms with Crippen LogP contribution in [0.3, 0.4) is 0 Å². The van der Waals surface area contributed by atoms with Crippen molar-refractivity contribution in [2.24, 2.45) is 11.8 Å². The molecule has 0 saturated carbocycles. The summed E-state index contributed by atoms with van der Waals surface area (Å²) >= 11 is 0. The van der Waals surface area contributed by atoms with Crippen molar-refractivity contribution >= 4 is 29.4 Å². The molecule has 4 amide bonds. The van der Waals surface area contributed by atoms with E-state index in [4.69, 9.17) is 9.47 Å². The van der Waals surface area contributed by atoms with Gasteiger partial charge < -0.3 is 30.7 Å². The average molecular weight is 644 g/mol. The smallest absolute Gasteiger partial charge is 0.243 e. The van der Waals surface area contributed by atoms with E-state index in [1.54, 1.807) is 13.8 Å². The largest absolute Gasteiger partial charge is 0.379 e. The van der Waals surface area contributed by atoms with Gasteiger partial charge in [0.1, 0.15) is 23.7 Å². The van der Waals surface area contributed by atoms with Gasteiger partial charge in [-0.3, -0.25) is 28.9 Å². The Bertz CT molecular complexity index is 1180. The lowest BCUT2D eigenvalue weighted by atomic mass is 9.93. The highest BCUT2D eigenvalue weighted by Crippen LogP contribution is 2.29. The minimum atomic E-state index is -0.962. The number of benzene rings is 1. The predicted octanol–water partition coefficient (Wildman–Crippen LogP) is 1.36. The highest BCUT2D eigenvalue weighted by molar-refractivity contribution is 5.98. The molecule has 46 heavy (non-hydrogen) atoms. The van der Waals surface area contributed by atoms with E-state index in [9.17, 15) is 24.0 Å². The second kappa shape index (κ2) is 17.5. The Hall–Kier alpha value is -3.35. The van der Waals surface area contributed by atoms with Crippen molar-refractivity contribution in [3.05, 3.63) is 35.9 Å². The number of amides is 4. The van der Waals surface area contributed by atoms with Crippen molar-refractivity contribution < 1.29 is 33.4 Å². The van der Waals surface area contributed by atoms with E-state index in [2.05, 4.69) is 21.3 Å². The summed E-state index contributed by atoms with van der Waals surface area (Å²) in [5, 5.41) is 11.2. The van der Waals surface area contributed by atoms with Crippen LogP contribution in [0.4, 0.5) is 0 Å². The number of morpholine rings is 1. The van der Waals surface area contributed by atoms with Crippen LogP contribution in [-0.4, -0.2) is 104 Å². The topological polar surface area (TPSA) is 158 Å². The van der Waals surface area contributed by atoms with E-state index in [0.29, 0.717) is 58.6 Å². The summed E-state index contributed by atoms with van der Waals surface area (Å²) in [6.07, 6.45) is 1.66. The van der Waals surface area contributed by atoms with Crippen molar-refractivity contribution in [2.75, 3.05) is 39.5 Å². The maximum Gasteiger partial charge on any atom is 0.243 e. The molecular weight excluding hydrogens is 590 g/mol. The highest BCUT2D eigenvalue weighted by atomic mass is 16.6. The number of nitrogens with zero attached hydrogens (tertiary/aromatic N) is 1. The monoisotopic (exact) mass is 643 g/mol. The summed E-state index contributed by atoms with van der Waals surface area (Å²) in [6, 6.07) is 6.17. The fraction of sp³-hybridized carbons (Fsp3) is 0.676. The molecule has 12 heteroatoms. The number of Topliss-reactive ketones (excluding diaryl/α,β-unsaturated/α-hetero) is 1. The minimum Gasteiger partial charge on any atom is -0.379 e. The number of nitrogens with one attached hydrogen (secondary N) is 4. The molecule has 0 aliphatic carbocycles. The molecular formula is C34H53N5O7. The molecule has 2 aliphatic heterocycles. The van der Waals surface area contributed by atoms with Crippen LogP contribution in [0.5, 0.6) is 0 Å². The molecule has 2 heterocycles. The lowest BCUT2D eigenvalue weighted by molar-refractivity contribution is -0.135. The summed E-state index contributed by atoms with van der Waals surface area (Å²) in [5.41, 5.74) is 0.135. The van der Waals surface area contributed by atoms with Crippen LogP contribution in [0, 0.1) is 11.8 Å².